The highest BCUT2D eigenvalue weighted by atomic mass is 79.9. The molecule has 0 bridgehead atoms. The third kappa shape index (κ3) is 5.74. The van der Waals surface area contributed by atoms with Crippen molar-refractivity contribution >= 4 is 33.3 Å². The second kappa shape index (κ2) is 9.80. The largest absolute Gasteiger partial charge is 0.505 e. The van der Waals surface area contributed by atoms with E-state index in [4.69, 9.17) is 4.74 Å². The summed E-state index contributed by atoms with van der Waals surface area (Å²) < 4.78 is 21.7. The average Bonchev–Trinajstić information content (AvgIpc) is 3.03. The van der Waals surface area contributed by atoms with Crippen molar-refractivity contribution in [3.8, 4) is 22.8 Å². The first-order valence-electron chi connectivity index (χ1n) is 9.40. The Morgan fingerprint density at radius 3 is 2.52 bits per heavy atom. The molecule has 0 aliphatic rings. The van der Waals surface area contributed by atoms with Crippen molar-refractivity contribution in [1.29, 1.82) is 0 Å². The Balaban J connectivity index is 1.83. The van der Waals surface area contributed by atoms with Gasteiger partial charge in [-0.05, 0) is 60.4 Å². The maximum Gasteiger partial charge on any atom is 0.323 e. The van der Waals surface area contributed by atoms with Gasteiger partial charge >= 0.3 is 6.03 Å². The summed E-state index contributed by atoms with van der Waals surface area (Å²) in [5.41, 5.74) is 2.33. The molecule has 3 aromatic rings. The molecule has 10 heteroatoms. The number of ether oxygens (including phenoxy) is 1. The zero-order valence-electron chi connectivity index (χ0n) is 17.3. The summed E-state index contributed by atoms with van der Waals surface area (Å²) in [5, 5.41) is 19.0. The molecule has 0 aliphatic heterocycles. The number of carbonyl (C=O) groups excluding carboxylic acids is 1. The monoisotopic (exact) mass is 491 g/mol. The molecule has 164 valence electrons. The van der Waals surface area contributed by atoms with Crippen LogP contribution < -0.4 is 15.4 Å². The maximum absolute atomic E-state index is 13.2. The number of likely N-dealkylation sites (N-methyl/N-ethyl adjacent to an activating group) is 1. The Morgan fingerprint density at radius 2 is 1.90 bits per heavy atom. The van der Waals surface area contributed by atoms with Crippen molar-refractivity contribution in [2.45, 2.75) is 0 Å². The molecule has 0 radical (unpaired) electrons. The molecule has 0 unspecified atom stereocenters. The van der Waals surface area contributed by atoms with Gasteiger partial charge in [0.05, 0.1) is 16.4 Å². The zero-order chi connectivity index (χ0) is 22.5. The van der Waals surface area contributed by atoms with Crippen LogP contribution in [0.2, 0.25) is 0 Å². The Labute approximate surface area is 187 Å². The van der Waals surface area contributed by atoms with E-state index in [-0.39, 0.29) is 5.69 Å². The molecular weight excluding hydrogens is 469 g/mol. The van der Waals surface area contributed by atoms with Gasteiger partial charge in [0, 0.05) is 36.6 Å². The van der Waals surface area contributed by atoms with Crippen molar-refractivity contribution in [3.05, 3.63) is 52.9 Å². The number of nitrogens with one attached hydrogen (secondary N) is 2. The number of hydrogen-bond acceptors (Lipinski definition) is 5. The summed E-state index contributed by atoms with van der Waals surface area (Å²) in [6.07, 6.45) is 1.69. The molecule has 0 spiro atoms. The van der Waals surface area contributed by atoms with E-state index in [1.807, 2.05) is 26.0 Å². The van der Waals surface area contributed by atoms with Gasteiger partial charge in [-0.25, -0.2) is 9.18 Å². The minimum atomic E-state index is -0.762. The summed E-state index contributed by atoms with van der Waals surface area (Å²) in [6, 6.07) is 8.31. The van der Waals surface area contributed by atoms with Gasteiger partial charge in [-0.2, -0.15) is 5.10 Å². The number of aryl methyl sites for hydroxylation is 1. The number of phenols is 1. The normalized spacial score (nSPS) is 10.9. The molecule has 3 rings (SSSR count). The molecular formula is C21H23BrFN5O3. The lowest BCUT2D eigenvalue weighted by molar-refractivity contribution is 0.261. The second-order valence-electron chi connectivity index (χ2n) is 7.07. The lowest BCUT2D eigenvalue weighted by Gasteiger charge is -2.16. The third-order valence-corrected chi connectivity index (χ3v) is 4.97. The van der Waals surface area contributed by atoms with E-state index in [9.17, 15) is 14.3 Å². The fourth-order valence-electron chi connectivity index (χ4n) is 2.85. The van der Waals surface area contributed by atoms with Gasteiger partial charge in [0.25, 0.3) is 0 Å². The van der Waals surface area contributed by atoms with Crippen LogP contribution in [0.5, 0.6) is 11.5 Å². The highest BCUT2D eigenvalue weighted by Gasteiger charge is 2.16. The molecule has 1 aromatic heterocycles. The summed E-state index contributed by atoms with van der Waals surface area (Å²) in [4.78, 5) is 14.4. The van der Waals surface area contributed by atoms with E-state index in [2.05, 4.69) is 31.7 Å². The predicted molar refractivity (Wildman–Crippen MR) is 121 cm³/mol. The smallest absolute Gasteiger partial charge is 0.323 e. The summed E-state index contributed by atoms with van der Waals surface area (Å²) in [5.74, 6) is -0.650. The van der Waals surface area contributed by atoms with E-state index in [1.54, 1.807) is 29.1 Å². The fraction of sp³-hybridized carbons (Fsp3) is 0.238. The van der Waals surface area contributed by atoms with Crippen LogP contribution in [0.4, 0.5) is 20.6 Å². The Kier molecular flexibility index (Phi) is 7.13. The zero-order valence-corrected chi connectivity index (χ0v) is 18.9. The second-order valence-corrected chi connectivity index (χ2v) is 7.93. The van der Waals surface area contributed by atoms with Gasteiger partial charge in [-0.1, -0.05) is 0 Å². The molecule has 1 heterocycles. The van der Waals surface area contributed by atoms with Crippen LogP contribution in [-0.2, 0) is 7.05 Å². The lowest BCUT2D eigenvalue weighted by atomic mass is 10.1. The molecule has 0 aliphatic carbocycles. The van der Waals surface area contributed by atoms with Crippen molar-refractivity contribution in [3.63, 3.8) is 0 Å². The number of phenolic OH excluding ortho intramolecular Hbond substituents is 1. The number of rotatable bonds is 7. The number of hydrogen-bond donors (Lipinski definition) is 3. The van der Waals surface area contributed by atoms with Crippen molar-refractivity contribution in [2.24, 2.45) is 7.05 Å². The molecule has 0 saturated carbocycles. The SMILES string of the molecule is CN(C)CCOc1ccc(NC(=O)Nc2ccc(F)c(O)c2)cc1-c1c(Br)cnn1C. The van der Waals surface area contributed by atoms with Crippen LogP contribution >= 0.6 is 15.9 Å². The number of halogens is 2. The van der Waals surface area contributed by atoms with Gasteiger partial charge in [0.15, 0.2) is 11.6 Å². The Hall–Kier alpha value is -3.11. The first kappa shape index (κ1) is 22.6. The Bertz CT molecular complexity index is 1070. The topological polar surface area (TPSA) is 91.7 Å². The van der Waals surface area contributed by atoms with Gasteiger partial charge in [0.1, 0.15) is 12.4 Å². The molecule has 2 aromatic carbocycles. The molecule has 3 N–H and O–H groups in total. The van der Waals surface area contributed by atoms with E-state index >= 15 is 0 Å². The number of anilines is 2. The lowest BCUT2D eigenvalue weighted by Crippen LogP contribution is -2.20. The number of nitrogens with zero attached hydrogens (tertiary/aromatic N) is 3. The van der Waals surface area contributed by atoms with Crippen LogP contribution in [0.15, 0.2) is 47.1 Å². The number of amides is 2. The number of benzene rings is 2. The van der Waals surface area contributed by atoms with Crippen molar-refractivity contribution in [1.82, 2.24) is 14.7 Å². The van der Waals surface area contributed by atoms with Crippen LogP contribution in [0, 0.1) is 5.82 Å². The van der Waals surface area contributed by atoms with E-state index in [0.717, 1.165) is 34.4 Å². The minimum Gasteiger partial charge on any atom is -0.505 e. The van der Waals surface area contributed by atoms with Gasteiger partial charge in [-0.15, -0.1) is 0 Å². The van der Waals surface area contributed by atoms with Crippen LogP contribution in [-0.4, -0.2) is 53.1 Å². The van der Waals surface area contributed by atoms with Crippen molar-refractivity contribution in [2.75, 3.05) is 37.9 Å². The number of aromatic hydroxyl groups is 1. The number of urea groups is 1. The minimum absolute atomic E-state index is 0.259. The van der Waals surface area contributed by atoms with E-state index in [1.165, 1.54) is 6.07 Å². The first-order valence-corrected chi connectivity index (χ1v) is 10.2. The fourth-order valence-corrected chi connectivity index (χ4v) is 3.42. The Morgan fingerprint density at radius 1 is 1.23 bits per heavy atom. The van der Waals surface area contributed by atoms with Crippen LogP contribution in [0.3, 0.4) is 0 Å². The molecule has 2 amide bonds. The summed E-state index contributed by atoms with van der Waals surface area (Å²) >= 11 is 3.51. The van der Waals surface area contributed by atoms with Gasteiger partial charge in [-0.3, -0.25) is 4.68 Å². The highest BCUT2D eigenvalue weighted by molar-refractivity contribution is 9.10. The van der Waals surface area contributed by atoms with Crippen molar-refractivity contribution < 1.29 is 19.0 Å². The average molecular weight is 492 g/mol. The van der Waals surface area contributed by atoms with Crippen LogP contribution in [0.1, 0.15) is 0 Å². The summed E-state index contributed by atoms with van der Waals surface area (Å²) in [6.45, 7) is 1.25. The summed E-state index contributed by atoms with van der Waals surface area (Å²) in [7, 11) is 5.75. The predicted octanol–water partition coefficient (Wildman–Crippen LogP) is 4.28. The highest BCUT2D eigenvalue weighted by Crippen LogP contribution is 2.36. The van der Waals surface area contributed by atoms with E-state index in [0.29, 0.717) is 18.0 Å². The van der Waals surface area contributed by atoms with E-state index < -0.39 is 17.6 Å². The van der Waals surface area contributed by atoms with Crippen LogP contribution in [0.25, 0.3) is 11.3 Å². The number of carbonyl (C=O) groups is 1. The first-order chi connectivity index (χ1) is 14.7. The molecule has 0 atom stereocenters. The number of aromatic nitrogens is 2. The van der Waals surface area contributed by atoms with Gasteiger partial charge < -0.3 is 25.4 Å². The maximum atomic E-state index is 13.2. The molecule has 0 fully saturated rings. The standard InChI is InChI=1S/C21H23BrFN5O3/c1-27(2)8-9-31-19-7-5-13(10-15(19)20-16(22)12-24-28(20)3)25-21(30)26-14-4-6-17(23)18(29)11-14/h4-7,10-12,29H,8-9H2,1-3H3,(H2,25,26,30). The third-order valence-electron chi connectivity index (χ3n) is 4.39. The molecule has 31 heavy (non-hydrogen) atoms. The quantitative estimate of drug-likeness (QED) is 0.458. The molecule has 0 saturated heterocycles. The van der Waals surface area contributed by atoms with Gasteiger partial charge in [0.2, 0.25) is 0 Å². The molecule has 8 nitrogen and oxygen atoms in total.